The fraction of sp³-hybridized carbons (Fsp3) is 0.294. The van der Waals surface area contributed by atoms with Crippen LogP contribution in [0.4, 0.5) is 0 Å². The minimum Gasteiger partial charge on any atom is -0.345 e. The Morgan fingerprint density at radius 1 is 1.14 bits per heavy atom. The number of nitrogens with zero attached hydrogens (tertiary/aromatic N) is 2. The maximum Gasteiger partial charge on any atom is 0.264 e. The van der Waals surface area contributed by atoms with Gasteiger partial charge in [0.05, 0.1) is 6.54 Å². The highest BCUT2D eigenvalue weighted by molar-refractivity contribution is 5.94. The summed E-state index contributed by atoms with van der Waals surface area (Å²) in [6.45, 7) is 4.17. The van der Waals surface area contributed by atoms with Gasteiger partial charge in [-0.15, -0.1) is 0 Å². The Hall–Kier alpha value is -2.36. The number of rotatable bonds is 3. The molecule has 0 bridgehead atoms. The Labute approximate surface area is 124 Å². The molecule has 0 aliphatic heterocycles. The van der Waals surface area contributed by atoms with Crippen LogP contribution in [0.1, 0.15) is 27.2 Å². The number of pyridine rings is 1. The molecule has 0 saturated carbocycles. The van der Waals surface area contributed by atoms with Gasteiger partial charge < -0.3 is 9.47 Å². The average Bonchev–Trinajstić information content (AvgIpc) is 2.44. The summed E-state index contributed by atoms with van der Waals surface area (Å²) < 4.78 is 1.65. The number of aryl methyl sites for hydroxylation is 2. The summed E-state index contributed by atoms with van der Waals surface area (Å²) in [6, 6.07) is 11.7. The highest BCUT2D eigenvalue weighted by Crippen LogP contribution is 2.10. The van der Waals surface area contributed by atoms with Crippen LogP contribution in [-0.4, -0.2) is 29.5 Å². The second-order valence-corrected chi connectivity index (χ2v) is 5.42. The molecule has 4 heteroatoms. The first-order valence-corrected chi connectivity index (χ1v) is 6.88. The standard InChI is InChI=1S/C17H20N2O2/c1-12-10-13(2)19(11-14-8-6-5-7-9-14)17(21)15(12)16(20)18(3)4/h5-10H,11H2,1-4H3. The van der Waals surface area contributed by atoms with Crippen molar-refractivity contribution in [2.75, 3.05) is 14.1 Å². The van der Waals surface area contributed by atoms with Crippen LogP contribution in [0, 0.1) is 13.8 Å². The fourth-order valence-corrected chi connectivity index (χ4v) is 2.37. The van der Waals surface area contributed by atoms with Gasteiger partial charge in [-0.1, -0.05) is 30.3 Å². The summed E-state index contributed by atoms with van der Waals surface area (Å²) in [4.78, 5) is 26.3. The molecule has 0 saturated heterocycles. The Bertz CT molecular complexity index is 716. The lowest BCUT2D eigenvalue weighted by molar-refractivity contribution is 0.0824. The lowest BCUT2D eigenvalue weighted by atomic mass is 10.1. The summed E-state index contributed by atoms with van der Waals surface area (Å²) in [7, 11) is 3.31. The van der Waals surface area contributed by atoms with Crippen LogP contribution in [0.25, 0.3) is 0 Å². The largest absolute Gasteiger partial charge is 0.345 e. The molecule has 2 aromatic rings. The highest BCUT2D eigenvalue weighted by Gasteiger charge is 2.18. The molecule has 21 heavy (non-hydrogen) atoms. The van der Waals surface area contributed by atoms with Crippen molar-refractivity contribution in [2.45, 2.75) is 20.4 Å². The lowest BCUT2D eigenvalue weighted by Gasteiger charge is -2.16. The van der Waals surface area contributed by atoms with Gasteiger partial charge in [0.25, 0.3) is 11.5 Å². The van der Waals surface area contributed by atoms with E-state index in [2.05, 4.69) is 0 Å². The predicted octanol–water partition coefficient (Wildman–Crippen LogP) is 2.22. The van der Waals surface area contributed by atoms with E-state index in [1.165, 1.54) is 4.90 Å². The second-order valence-electron chi connectivity index (χ2n) is 5.42. The molecule has 0 aliphatic rings. The molecule has 0 atom stereocenters. The van der Waals surface area contributed by atoms with Gasteiger partial charge in [-0.25, -0.2) is 0 Å². The SMILES string of the molecule is Cc1cc(C)n(Cc2ccccc2)c(=O)c1C(=O)N(C)C. The van der Waals surface area contributed by atoms with Gasteiger partial charge in [0, 0.05) is 19.8 Å². The topological polar surface area (TPSA) is 42.3 Å². The molecule has 4 nitrogen and oxygen atoms in total. The van der Waals surface area contributed by atoms with Crippen molar-refractivity contribution in [3.05, 3.63) is 69.1 Å². The van der Waals surface area contributed by atoms with Crippen molar-refractivity contribution >= 4 is 5.91 Å². The Morgan fingerprint density at radius 2 is 1.76 bits per heavy atom. The van der Waals surface area contributed by atoms with E-state index in [-0.39, 0.29) is 17.0 Å². The van der Waals surface area contributed by atoms with E-state index in [0.717, 1.165) is 16.8 Å². The van der Waals surface area contributed by atoms with E-state index in [1.54, 1.807) is 25.6 Å². The fourth-order valence-electron chi connectivity index (χ4n) is 2.37. The van der Waals surface area contributed by atoms with E-state index in [4.69, 9.17) is 0 Å². The normalized spacial score (nSPS) is 10.5. The average molecular weight is 284 g/mol. The molecule has 0 spiro atoms. The van der Waals surface area contributed by atoms with E-state index >= 15 is 0 Å². The van der Waals surface area contributed by atoms with Crippen molar-refractivity contribution in [3.63, 3.8) is 0 Å². The molecule has 0 aliphatic carbocycles. The molecular weight excluding hydrogens is 264 g/mol. The predicted molar refractivity (Wildman–Crippen MR) is 83.7 cm³/mol. The van der Waals surface area contributed by atoms with Crippen LogP contribution in [0.15, 0.2) is 41.2 Å². The summed E-state index contributed by atoms with van der Waals surface area (Å²) in [5.41, 5.74) is 2.64. The van der Waals surface area contributed by atoms with Gasteiger partial charge in [0.2, 0.25) is 0 Å². The van der Waals surface area contributed by atoms with Gasteiger partial charge in [-0.05, 0) is 31.0 Å². The van der Waals surface area contributed by atoms with Crippen molar-refractivity contribution in [2.24, 2.45) is 0 Å². The summed E-state index contributed by atoms with van der Waals surface area (Å²) >= 11 is 0. The molecule has 1 aromatic carbocycles. The maximum atomic E-state index is 12.7. The van der Waals surface area contributed by atoms with Crippen molar-refractivity contribution in [3.8, 4) is 0 Å². The highest BCUT2D eigenvalue weighted by atomic mass is 16.2. The number of amides is 1. The summed E-state index contributed by atoms with van der Waals surface area (Å²) in [6.07, 6.45) is 0. The molecule has 110 valence electrons. The zero-order valence-corrected chi connectivity index (χ0v) is 12.9. The van der Waals surface area contributed by atoms with E-state index in [0.29, 0.717) is 6.54 Å². The quantitative estimate of drug-likeness (QED) is 0.867. The summed E-state index contributed by atoms with van der Waals surface area (Å²) in [5.74, 6) is -0.251. The minimum atomic E-state index is -0.251. The lowest BCUT2D eigenvalue weighted by Crippen LogP contribution is -2.34. The number of carbonyl (C=O) groups is 1. The van der Waals surface area contributed by atoms with Crippen molar-refractivity contribution in [1.82, 2.24) is 9.47 Å². The van der Waals surface area contributed by atoms with Crippen molar-refractivity contribution < 1.29 is 4.79 Å². The van der Waals surface area contributed by atoms with Gasteiger partial charge in [-0.2, -0.15) is 0 Å². The number of hydrogen-bond acceptors (Lipinski definition) is 2. The van der Waals surface area contributed by atoms with E-state index < -0.39 is 0 Å². The van der Waals surface area contributed by atoms with Crippen LogP contribution in [-0.2, 0) is 6.54 Å². The zero-order chi connectivity index (χ0) is 15.6. The molecule has 0 unspecified atom stereocenters. The first-order chi connectivity index (χ1) is 9.91. The van der Waals surface area contributed by atoms with Crippen LogP contribution in [0.5, 0.6) is 0 Å². The monoisotopic (exact) mass is 284 g/mol. The molecule has 1 heterocycles. The maximum absolute atomic E-state index is 12.7. The first kappa shape index (κ1) is 15.0. The van der Waals surface area contributed by atoms with E-state index in [1.807, 2.05) is 43.3 Å². The molecule has 1 aromatic heterocycles. The molecule has 2 rings (SSSR count). The molecule has 0 fully saturated rings. The third kappa shape index (κ3) is 3.05. The van der Waals surface area contributed by atoms with Crippen LogP contribution >= 0.6 is 0 Å². The van der Waals surface area contributed by atoms with Gasteiger partial charge in [0.15, 0.2) is 0 Å². The molecule has 1 amide bonds. The Morgan fingerprint density at radius 3 is 2.33 bits per heavy atom. The zero-order valence-electron chi connectivity index (χ0n) is 12.9. The van der Waals surface area contributed by atoms with E-state index in [9.17, 15) is 9.59 Å². The first-order valence-electron chi connectivity index (χ1n) is 6.88. The Kier molecular flexibility index (Phi) is 4.26. The number of carbonyl (C=O) groups excluding carboxylic acids is 1. The minimum absolute atomic E-state index is 0.227. The number of hydrogen-bond donors (Lipinski definition) is 0. The number of benzene rings is 1. The van der Waals surface area contributed by atoms with Gasteiger partial charge >= 0.3 is 0 Å². The third-order valence-electron chi connectivity index (χ3n) is 3.51. The van der Waals surface area contributed by atoms with Crippen LogP contribution in [0.3, 0.4) is 0 Å². The Balaban J connectivity index is 2.55. The van der Waals surface area contributed by atoms with Crippen molar-refractivity contribution in [1.29, 1.82) is 0 Å². The molecule has 0 N–H and O–H groups in total. The third-order valence-corrected chi connectivity index (χ3v) is 3.51. The number of aromatic nitrogens is 1. The van der Waals surface area contributed by atoms with Crippen LogP contribution < -0.4 is 5.56 Å². The smallest absolute Gasteiger partial charge is 0.264 e. The second kappa shape index (κ2) is 5.95. The summed E-state index contributed by atoms with van der Waals surface area (Å²) in [5, 5.41) is 0. The molecule has 0 radical (unpaired) electrons. The van der Waals surface area contributed by atoms with Gasteiger partial charge in [-0.3, -0.25) is 9.59 Å². The molecular formula is C17H20N2O2. The van der Waals surface area contributed by atoms with Crippen LogP contribution in [0.2, 0.25) is 0 Å². The van der Waals surface area contributed by atoms with Gasteiger partial charge in [0.1, 0.15) is 5.56 Å².